The van der Waals surface area contributed by atoms with Crippen LogP contribution in [0.3, 0.4) is 0 Å². The molecule has 31 heavy (non-hydrogen) atoms. The highest BCUT2D eigenvalue weighted by molar-refractivity contribution is 7.93. The Kier molecular flexibility index (Phi) is 5.81. The van der Waals surface area contributed by atoms with Crippen LogP contribution in [0, 0.1) is 6.92 Å². The molecule has 2 amide bonds. The smallest absolute Gasteiger partial charge is 0.308 e. The summed E-state index contributed by atoms with van der Waals surface area (Å²) in [4.78, 5) is 16.7. The normalized spacial score (nSPS) is 11.3. The first kappa shape index (κ1) is 21.1. The lowest BCUT2D eigenvalue weighted by atomic mass is 10.2. The van der Waals surface area contributed by atoms with E-state index in [9.17, 15) is 13.2 Å². The first-order valence-corrected chi connectivity index (χ1v) is 11.8. The van der Waals surface area contributed by atoms with Crippen molar-refractivity contribution in [2.24, 2.45) is 0 Å². The summed E-state index contributed by atoms with van der Waals surface area (Å²) < 4.78 is 28.5. The van der Waals surface area contributed by atoms with E-state index >= 15 is 0 Å². The summed E-state index contributed by atoms with van der Waals surface area (Å²) >= 11 is 7.13. The van der Waals surface area contributed by atoms with E-state index in [1.54, 1.807) is 66.7 Å². The molecule has 1 aromatic heterocycles. The van der Waals surface area contributed by atoms with Gasteiger partial charge >= 0.3 is 6.03 Å². The number of nitrogens with zero attached hydrogens (tertiary/aromatic N) is 1. The van der Waals surface area contributed by atoms with Gasteiger partial charge in [-0.05, 0) is 55.5 Å². The maximum absolute atomic E-state index is 12.6. The summed E-state index contributed by atoms with van der Waals surface area (Å²) in [6.07, 6.45) is 0. The van der Waals surface area contributed by atoms with Crippen LogP contribution in [-0.4, -0.2) is 19.4 Å². The van der Waals surface area contributed by atoms with Gasteiger partial charge < -0.3 is 10.6 Å². The van der Waals surface area contributed by atoms with E-state index in [0.29, 0.717) is 21.9 Å². The second kappa shape index (κ2) is 8.54. The topological polar surface area (TPSA) is 100 Å². The minimum absolute atomic E-state index is 0.164. The van der Waals surface area contributed by atoms with E-state index in [-0.39, 0.29) is 10.0 Å². The molecular weight excluding hydrogens is 456 g/mol. The van der Waals surface area contributed by atoms with Crippen LogP contribution in [0.25, 0.3) is 10.2 Å². The molecule has 0 spiro atoms. The Bertz CT molecular complexity index is 1370. The summed E-state index contributed by atoms with van der Waals surface area (Å²) in [7, 11) is -3.74. The molecule has 158 valence electrons. The number of aromatic nitrogens is 1. The molecule has 0 radical (unpaired) electrons. The molecule has 3 aromatic carbocycles. The summed E-state index contributed by atoms with van der Waals surface area (Å²) in [5.41, 5.74) is 2.61. The second-order valence-electron chi connectivity index (χ2n) is 6.71. The van der Waals surface area contributed by atoms with Gasteiger partial charge in [0.2, 0.25) is 0 Å². The van der Waals surface area contributed by atoms with Gasteiger partial charge in [0.25, 0.3) is 10.0 Å². The van der Waals surface area contributed by atoms with Gasteiger partial charge in [-0.2, -0.15) is 0 Å². The van der Waals surface area contributed by atoms with Crippen molar-refractivity contribution in [3.05, 3.63) is 77.3 Å². The standard InChI is InChI=1S/C21H17ClN4O3S2/c1-13-5-8-17(9-6-13)31(28,29)26-21-25-18-12-16(7-10-19(18)30-21)24-20(27)23-15-4-2-3-14(22)11-15/h2-12H,1H3,(H,25,26)(H2,23,24,27). The van der Waals surface area contributed by atoms with Crippen molar-refractivity contribution in [3.8, 4) is 0 Å². The minimum Gasteiger partial charge on any atom is -0.308 e. The molecule has 3 N–H and O–H groups in total. The van der Waals surface area contributed by atoms with Crippen LogP contribution in [0.15, 0.2) is 71.6 Å². The number of amides is 2. The molecule has 0 unspecified atom stereocenters. The number of aryl methyl sites for hydroxylation is 1. The predicted molar refractivity (Wildman–Crippen MR) is 126 cm³/mol. The van der Waals surface area contributed by atoms with E-state index < -0.39 is 16.1 Å². The molecule has 0 aliphatic carbocycles. The number of carbonyl (C=O) groups is 1. The van der Waals surface area contributed by atoms with Crippen LogP contribution >= 0.6 is 22.9 Å². The van der Waals surface area contributed by atoms with Gasteiger partial charge in [-0.15, -0.1) is 0 Å². The van der Waals surface area contributed by atoms with Crippen LogP contribution in [-0.2, 0) is 10.0 Å². The maximum Gasteiger partial charge on any atom is 0.323 e. The largest absolute Gasteiger partial charge is 0.323 e. The van der Waals surface area contributed by atoms with Crippen LogP contribution < -0.4 is 15.4 Å². The zero-order valence-corrected chi connectivity index (χ0v) is 18.6. The average molecular weight is 473 g/mol. The number of rotatable bonds is 5. The van der Waals surface area contributed by atoms with Crippen molar-refractivity contribution < 1.29 is 13.2 Å². The number of fused-ring (bicyclic) bond motifs is 1. The number of halogens is 1. The summed E-state index contributed by atoms with van der Waals surface area (Å²) in [6, 6.07) is 18.1. The molecule has 0 fully saturated rings. The Morgan fingerprint density at radius 1 is 0.968 bits per heavy atom. The highest BCUT2D eigenvalue weighted by Crippen LogP contribution is 2.30. The van der Waals surface area contributed by atoms with Crippen LogP contribution in [0.2, 0.25) is 5.02 Å². The number of sulfonamides is 1. The number of nitrogens with one attached hydrogen (secondary N) is 3. The third kappa shape index (κ3) is 5.13. The lowest BCUT2D eigenvalue weighted by Gasteiger charge is -2.07. The Morgan fingerprint density at radius 2 is 1.68 bits per heavy atom. The molecule has 7 nitrogen and oxygen atoms in total. The van der Waals surface area contributed by atoms with E-state index in [4.69, 9.17) is 11.6 Å². The number of hydrogen-bond acceptors (Lipinski definition) is 5. The molecule has 0 aliphatic heterocycles. The molecule has 0 atom stereocenters. The molecule has 0 saturated heterocycles. The van der Waals surface area contributed by atoms with Crippen molar-refractivity contribution >= 4 is 65.7 Å². The lowest BCUT2D eigenvalue weighted by Crippen LogP contribution is -2.19. The van der Waals surface area contributed by atoms with E-state index in [0.717, 1.165) is 10.3 Å². The summed E-state index contributed by atoms with van der Waals surface area (Å²) in [5.74, 6) is 0. The number of carbonyl (C=O) groups excluding carboxylic acids is 1. The van der Waals surface area contributed by atoms with Crippen molar-refractivity contribution in [2.75, 3.05) is 15.4 Å². The van der Waals surface area contributed by atoms with Gasteiger partial charge in [0.05, 0.1) is 15.1 Å². The van der Waals surface area contributed by atoms with Gasteiger partial charge in [0, 0.05) is 16.4 Å². The van der Waals surface area contributed by atoms with Gasteiger partial charge in [0.1, 0.15) is 0 Å². The Balaban J connectivity index is 1.49. The molecule has 4 rings (SSSR count). The molecule has 0 saturated carbocycles. The molecule has 0 aliphatic rings. The number of urea groups is 1. The molecule has 10 heteroatoms. The number of hydrogen-bond donors (Lipinski definition) is 3. The second-order valence-corrected chi connectivity index (χ2v) is 9.86. The zero-order chi connectivity index (χ0) is 22.0. The minimum atomic E-state index is -3.74. The molecule has 1 heterocycles. The van der Waals surface area contributed by atoms with Gasteiger partial charge in [-0.1, -0.05) is 46.7 Å². The zero-order valence-electron chi connectivity index (χ0n) is 16.2. The fraction of sp³-hybridized carbons (Fsp3) is 0.0476. The van der Waals surface area contributed by atoms with Crippen molar-refractivity contribution in [3.63, 3.8) is 0 Å². The third-order valence-electron chi connectivity index (χ3n) is 4.28. The highest BCUT2D eigenvalue weighted by atomic mass is 35.5. The molecular formula is C21H17ClN4O3S2. The Labute approximate surface area is 188 Å². The van der Waals surface area contributed by atoms with Crippen LogP contribution in [0.5, 0.6) is 0 Å². The summed E-state index contributed by atoms with van der Waals surface area (Å²) in [6.45, 7) is 1.89. The monoisotopic (exact) mass is 472 g/mol. The summed E-state index contributed by atoms with van der Waals surface area (Å²) in [5, 5.41) is 6.18. The fourth-order valence-electron chi connectivity index (χ4n) is 2.80. The quantitative estimate of drug-likeness (QED) is 0.346. The van der Waals surface area contributed by atoms with Crippen molar-refractivity contribution in [1.82, 2.24) is 4.98 Å². The SMILES string of the molecule is Cc1ccc(S(=O)(=O)Nc2nc3cc(NC(=O)Nc4cccc(Cl)c4)ccc3s2)cc1. The maximum atomic E-state index is 12.6. The van der Waals surface area contributed by atoms with Crippen LogP contribution in [0.1, 0.15) is 5.56 Å². The Hall–Kier alpha value is -3.14. The van der Waals surface area contributed by atoms with Gasteiger partial charge in [-0.25, -0.2) is 18.2 Å². The lowest BCUT2D eigenvalue weighted by molar-refractivity contribution is 0.262. The van der Waals surface area contributed by atoms with E-state index in [1.165, 1.54) is 11.3 Å². The number of thiazole rings is 1. The first-order chi connectivity index (χ1) is 14.8. The van der Waals surface area contributed by atoms with Crippen molar-refractivity contribution in [2.45, 2.75) is 11.8 Å². The average Bonchev–Trinajstić information content (AvgIpc) is 3.09. The van der Waals surface area contributed by atoms with E-state index in [2.05, 4.69) is 20.3 Å². The number of anilines is 3. The predicted octanol–water partition coefficient (Wildman–Crippen LogP) is 5.70. The third-order valence-corrected chi connectivity index (χ3v) is 6.95. The highest BCUT2D eigenvalue weighted by Gasteiger charge is 2.16. The van der Waals surface area contributed by atoms with Crippen molar-refractivity contribution in [1.29, 1.82) is 0 Å². The van der Waals surface area contributed by atoms with Crippen LogP contribution in [0.4, 0.5) is 21.3 Å². The molecule has 4 aromatic rings. The number of benzene rings is 3. The van der Waals surface area contributed by atoms with Gasteiger partial charge in [-0.3, -0.25) is 4.72 Å². The first-order valence-electron chi connectivity index (χ1n) is 9.12. The van der Waals surface area contributed by atoms with E-state index in [1.807, 2.05) is 6.92 Å². The Morgan fingerprint density at radius 3 is 2.39 bits per heavy atom. The fourth-order valence-corrected chi connectivity index (χ4v) is 5.07. The molecule has 0 bridgehead atoms. The van der Waals surface area contributed by atoms with Gasteiger partial charge in [0.15, 0.2) is 5.13 Å².